The Morgan fingerprint density at radius 1 is 0.769 bits per heavy atom. The fraction of sp³-hybridized carbons (Fsp3) is 0.375. The number of para-hydroxylation sites is 1. The molecule has 2 fully saturated rings. The highest BCUT2D eigenvalue weighted by Gasteiger charge is 2.44. The molecular weight excluding hydrogens is 490 g/mol. The molecule has 39 heavy (non-hydrogen) atoms. The number of ether oxygens (including phenoxy) is 2. The molecule has 2 heterocycles. The molecule has 0 radical (unpaired) electrons. The molecule has 7 nitrogen and oxygen atoms in total. The van der Waals surface area contributed by atoms with Gasteiger partial charge in [-0.25, -0.2) is 0 Å². The van der Waals surface area contributed by atoms with E-state index in [1.54, 1.807) is 14.2 Å². The van der Waals surface area contributed by atoms with Crippen molar-refractivity contribution in [1.29, 1.82) is 0 Å². The standard InChI is InChI=1S/C32H37N3O4/c1-22-9-5-7-11-25(22)31(36)35-20-27(26-19-24(38-3)13-14-30(26)39-4)28(21-35)32(37)34-17-15-33(16-18-34)29-12-8-6-10-23(29)2/h5-14,19,27-28H,15-18,20-21H2,1-4H3/t27-,28-/m1/s1. The molecule has 2 saturated heterocycles. The third-order valence-corrected chi connectivity index (χ3v) is 8.18. The molecule has 5 rings (SSSR count). The quantitative estimate of drug-likeness (QED) is 0.472. The summed E-state index contributed by atoms with van der Waals surface area (Å²) >= 11 is 0. The van der Waals surface area contributed by atoms with Crippen LogP contribution in [0.4, 0.5) is 5.69 Å². The van der Waals surface area contributed by atoms with Crippen molar-refractivity contribution in [1.82, 2.24) is 9.80 Å². The number of carbonyl (C=O) groups is 2. The molecule has 2 aliphatic rings. The second-order valence-corrected chi connectivity index (χ2v) is 10.4. The molecule has 2 amide bonds. The van der Waals surface area contributed by atoms with Crippen LogP contribution >= 0.6 is 0 Å². The highest BCUT2D eigenvalue weighted by molar-refractivity contribution is 5.96. The summed E-state index contributed by atoms with van der Waals surface area (Å²) in [4.78, 5) is 33.9. The first-order valence-electron chi connectivity index (χ1n) is 13.6. The van der Waals surface area contributed by atoms with Gasteiger partial charge in [0.2, 0.25) is 5.91 Å². The maximum atomic E-state index is 14.1. The van der Waals surface area contributed by atoms with E-state index < -0.39 is 0 Å². The Morgan fingerprint density at radius 2 is 1.46 bits per heavy atom. The van der Waals surface area contributed by atoms with E-state index in [9.17, 15) is 9.59 Å². The number of piperazine rings is 1. The van der Waals surface area contributed by atoms with Gasteiger partial charge in [-0.3, -0.25) is 9.59 Å². The molecule has 204 valence electrons. The van der Waals surface area contributed by atoms with E-state index >= 15 is 0 Å². The minimum absolute atomic E-state index is 0.0420. The number of rotatable bonds is 6. The monoisotopic (exact) mass is 527 g/mol. The van der Waals surface area contributed by atoms with Crippen LogP contribution in [-0.4, -0.2) is 75.1 Å². The van der Waals surface area contributed by atoms with Gasteiger partial charge in [-0.15, -0.1) is 0 Å². The molecule has 0 spiro atoms. The van der Waals surface area contributed by atoms with E-state index in [1.807, 2.05) is 59.2 Å². The van der Waals surface area contributed by atoms with Gasteiger partial charge in [-0.05, 0) is 55.3 Å². The average molecular weight is 528 g/mol. The number of carbonyl (C=O) groups excluding carboxylic acids is 2. The first-order valence-corrected chi connectivity index (χ1v) is 13.6. The summed E-state index contributed by atoms with van der Waals surface area (Å²) in [5, 5.41) is 0. The summed E-state index contributed by atoms with van der Waals surface area (Å²) in [6.07, 6.45) is 0. The van der Waals surface area contributed by atoms with E-state index in [-0.39, 0.29) is 23.7 Å². The topological polar surface area (TPSA) is 62.3 Å². The zero-order valence-corrected chi connectivity index (χ0v) is 23.2. The first-order chi connectivity index (χ1) is 18.9. The van der Waals surface area contributed by atoms with Crippen LogP contribution in [-0.2, 0) is 4.79 Å². The number of hydrogen-bond donors (Lipinski definition) is 0. The largest absolute Gasteiger partial charge is 0.497 e. The Morgan fingerprint density at radius 3 is 2.13 bits per heavy atom. The minimum atomic E-state index is -0.371. The van der Waals surface area contributed by atoms with Crippen LogP contribution in [0.15, 0.2) is 66.7 Å². The van der Waals surface area contributed by atoms with Crippen LogP contribution in [0.3, 0.4) is 0 Å². The Hall–Kier alpha value is -4.00. The summed E-state index contributed by atoms with van der Waals surface area (Å²) in [6, 6.07) is 21.7. The van der Waals surface area contributed by atoms with Crippen molar-refractivity contribution in [2.45, 2.75) is 19.8 Å². The summed E-state index contributed by atoms with van der Waals surface area (Å²) in [6.45, 7) is 7.74. The lowest BCUT2D eigenvalue weighted by Gasteiger charge is -2.38. The fourth-order valence-corrected chi connectivity index (χ4v) is 5.97. The van der Waals surface area contributed by atoms with Crippen molar-refractivity contribution in [2.24, 2.45) is 5.92 Å². The van der Waals surface area contributed by atoms with Crippen molar-refractivity contribution in [3.05, 3.63) is 89.0 Å². The molecule has 3 aromatic carbocycles. The van der Waals surface area contributed by atoms with Crippen LogP contribution in [0.25, 0.3) is 0 Å². The summed E-state index contributed by atoms with van der Waals surface area (Å²) in [7, 11) is 3.27. The van der Waals surface area contributed by atoms with E-state index in [0.29, 0.717) is 43.2 Å². The van der Waals surface area contributed by atoms with Gasteiger partial charge in [0, 0.05) is 62.0 Å². The zero-order valence-electron chi connectivity index (χ0n) is 23.2. The van der Waals surface area contributed by atoms with Crippen molar-refractivity contribution < 1.29 is 19.1 Å². The first kappa shape index (κ1) is 26.6. The zero-order chi connectivity index (χ0) is 27.5. The summed E-state index contributed by atoms with van der Waals surface area (Å²) < 4.78 is 11.2. The Labute approximate surface area is 230 Å². The van der Waals surface area contributed by atoms with Crippen molar-refractivity contribution in [2.75, 3.05) is 58.4 Å². The summed E-state index contributed by atoms with van der Waals surface area (Å²) in [5.74, 6) is 0.878. The molecule has 0 aromatic heterocycles. The number of aryl methyl sites for hydroxylation is 2. The molecular formula is C32H37N3O4. The van der Waals surface area contributed by atoms with Gasteiger partial charge in [0.15, 0.2) is 0 Å². The van der Waals surface area contributed by atoms with Crippen molar-refractivity contribution in [3.8, 4) is 11.5 Å². The second kappa shape index (κ2) is 11.4. The van der Waals surface area contributed by atoms with Crippen LogP contribution in [0.1, 0.15) is 33.0 Å². The maximum absolute atomic E-state index is 14.1. The number of amides is 2. The number of anilines is 1. The van der Waals surface area contributed by atoms with Crippen LogP contribution in [0.2, 0.25) is 0 Å². The average Bonchev–Trinajstić information content (AvgIpc) is 3.42. The van der Waals surface area contributed by atoms with Crippen LogP contribution in [0, 0.1) is 19.8 Å². The molecule has 7 heteroatoms. The van der Waals surface area contributed by atoms with Crippen molar-refractivity contribution in [3.63, 3.8) is 0 Å². The molecule has 0 aliphatic carbocycles. The lowest BCUT2D eigenvalue weighted by Crippen LogP contribution is -2.51. The number of benzene rings is 3. The van der Waals surface area contributed by atoms with Gasteiger partial charge in [-0.1, -0.05) is 36.4 Å². The van der Waals surface area contributed by atoms with Gasteiger partial charge in [0.25, 0.3) is 5.91 Å². The lowest BCUT2D eigenvalue weighted by atomic mass is 9.87. The third-order valence-electron chi connectivity index (χ3n) is 8.18. The smallest absolute Gasteiger partial charge is 0.254 e. The van der Waals surface area contributed by atoms with Gasteiger partial charge in [0.05, 0.1) is 20.1 Å². The van der Waals surface area contributed by atoms with E-state index in [0.717, 1.165) is 24.2 Å². The summed E-state index contributed by atoms with van der Waals surface area (Å²) in [5.41, 5.74) is 4.96. The van der Waals surface area contributed by atoms with Gasteiger partial charge in [0.1, 0.15) is 11.5 Å². The molecule has 0 N–H and O–H groups in total. The van der Waals surface area contributed by atoms with E-state index in [2.05, 4.69) is 36.1 Å². The lowest BCUT2D eigenvalue weighted by molar-refractivity contribution is -0.135. The molecule has 2 atom stereocenters. The van der Waals surface area contributed by atoms with Crippen LogP contribution < -0.4 is 14.4 Å². The Bertz CT molecular complexity index is 1350. The normalized spacial score (nSPS) is 19.2. The van der Waals surface area contributed by atoms with Gasteiger partial charge in [-0.2, -0.15) is 0 Å². The van der Waals surface area contributed by atoms with Crippen LogP contribution in [0.5, 0.6) is 11.5 Å². The Kier molecular flexibility index (Phi) is 7.77. The second-order valence-electron chi connectivity index (χ2n) is 10.4. The highest BCUT2D eigenvalue weighted by atomic mass is 16.5. The maximum Gasteiger partial charge on any atom is 0.254 e. The number of likely N-dealkylation sites (tertiary alicyclic amines) is 1. The number of hydrogen-bond acceptors (Lipinski definition) is 5. The van der Waals surface area contributed by atoms with E-state index in [1.165, 1.54) is 11.3 Å². The number of nitrogens with zero attached hydrogens (tertiary/aromatic N) is 3. The van der Waals surface area contributed by atoms with Gasteiger partial charge >= 0.3 is 0 Å². The Balaban J connectivity index is 1.41. The predicted octanol–water partition coefficient (Wildman–Crippen LogP) is 4.53. The molecule has 2 aliphatic heterocycles. The molecule has 3 aromatic rings. The highest BCUT2D eigenvalue weighted by Crippen LogP contribution is 2.41. The minimum Gasteiger partial charge on any atom is -0.497 e. The third kappa shape index (κ3) is 5.31. The molecule has 0 bridgehead atoms. The number of methoxy groups -OCH3 is 2. The predicted molar refractivity (Wildman–Crippen MR) is 153 cm³/mol. The van der Waals surface area contributed by atoms with E-state index in [4.69, 9.17) is 9.47 Å². The fourth-order valence-electron chi connectivity index (χ4n) is 5.97. The SMILES string of the molecule is COc1ccc(OC)c([C@H]2CN(C(=O)c3ccccc3C)C[C@H]2C(=O)N2CCN(c3ccccc3C)CC2)c1. The van der Waals surface area contributed by atoms with Gasteiger partial charge < -0.3 is 24.2 Å². The molecule has 0 unspecified atom stereocenters. The molecule has 0 saturated carbocycles. The van der Waals surface area contributed by atoms with Crippen molar-refractivity contribution >= 4 is 17.5 Å².